The molecule has 0 aromatic carbocycles. The highest BCUT2D eigenvalue weighted by Gasteiger charge is 2.35. The fraction of sp³-hybridized carbons (Fsp3) is 0.556. The lowest BCUT2D eigenvalue weighted by Gasteiger charge is -2.40. The second-order valence-electron chi connectivity index (χ2n) is 6.45. The Hall–Kier alpha value is -1.24. The molecule has 2 unspecified atom stereocenters. The third kappa shape index (κ3) is 2.86. The molecular formula is C18H26O. The summed E-state index contributed by atoms with van der Waals surface area (Å²) in [6.07, 6.45) is 8.79. The molecule has 104 valence electrons. The van der Waals surface area contributed by atoms with Crippen molar-refractivity contribution in [1.29, 1.82) is 0 Å². The van der Waals surface area contributed by atoms with Crippen molar-refractivity contribution in [1.82, 2.24) is 0 Å². The fourth-order valence-corrected chi connectivity index (χ4v) is 3.85. The monoisotopic (exact) mass is 258 g/mol. The normalized spacial score (nSPS) is 35.3. The number of aliphatic hydroxyl groups excluding tert-OH is 1. The molecule has 1 nitrogen and oxygen atoms in total. The summed E-state index contributed by atoms with van der Waals surface area (Å²) in [5.74, 6) is 2.41. The number of rotatable bonds is 2. The SMILES string of the molecule is C=C(C)[C@@H]1CCC(C)=C[C@H]1C1C(C)=CC(O)=CC1C. The molecule has 2 rings (SSSR count). The topological polar surface area (TPSA) is 20.2 Å². The number of allylic oxidation sites excluding steroid dienone is 6. The minimum Gasteiger partial charge on any atom is -0.508 e. The van der Waals surface area contributed by atoms with Crippen LogP contribution in [-0.2, 0) is 0 Å². The fourth-order valence-electron chi connectivity index (χ4n) is 3.85. The van der Waals surface area contributed by atoms with Gasteiger partial charge in [-0.2, -0.15) is 0 Å². The molecular weight excluding hydrogens is 232 g/mol. The molecule has 1 N–H and O–H groups in total. The van der Waals surface area contributed by atoms with E-state index in [1.807, 2.05) is 12.2 Å². The average molecular weight is 258 g/mol. The van der Waals surface area contributed by atoms with Crippen LogP contribution in [0, 0.1) is 23.7 Å². The standard InChI is InChI=1S/C18H26O/c1-11(2)16-7-6-12(3)8-17(16)18-13(4)9-15(19)10-14(18)5/h8-10,13,16-19H,1,6-7H2,2-5H3/t13?,16-,17+,18?/m0/s1. The molecule has 19 heavy (non-hydrogen) atoms. The van der Waals surface area contributed by atoms with Gasteiger partial charge in [0.2, 0.25) is 0 Å². The molecule has 0 amide bonds. The maximum absolute atomic E-state index is 9.74. The molecule has 0 radical (unpaired) electrons. The van der Waals surface area contributed by atoms with E-state index in [9.17, 15) is 5.11 Å². The zero-order valence-electron chi connectivity index (χ0n) is 12.6. The second kappa shape index (κ2) is 5.40. The quantitative estimate of drug-likeness (QED) is 0.676. The Morgan fingerprint density at radius 3 is 2.58 bits per heavy atom. The van der Waals surface area contributed by atoms with E-state index < -0.39 is 0 Å². The summed E-state index contributed by atoms with van der Waals surface area (Å²) in [6.45, 7) is 13.0. The third-order valence-corrected chi connectivity index (χ3v) is 4.74. The van der Waals surface area contributed by atoms with Gasteiger partial charge in [0.1, 0.15) is 5.76 Å². The van der Waals surface area contributed by atoms with Gasteiger partial charge in [-0.1, -0.05) is 36.3 Å². The largest absolute Gasteiger partial charge is 0.508 e. The molecule has 0 aromatic heterocycles. The first kappa shape index (κ1) is 14.2. The summed E-state index contributed by atoms with van der Waals surface area (Å²) < 4.78 is 0. The van der Waals surface area contributed by atoms with Crippen molar-refractivity contribution >= 4 is 0 Å². The van der Waals surface area contributed by atoms with Crippen molar-refractivity contribution in [2.75, 3.05) is 0 Å². The van der Waals surface area contributed by atoms with Crippen LogP contribution in [-0.4, -0.2) is 5.11 Å². The summed E-state index contributed by atoms with van der Waals surface area (Å²) in [4.78, 5) is 0. The molecule has 0 aliphatic heterocycles. The Kier molecular flexibility index (Phi) is 4.03. The molecule has 0 aromatic rings. The lowest BCUT2D eigenvalue weighted by atomic mass is 9.65. The van der Waals surface area contributed by atoms with E-state index in [0.717, 1.165) is 0 Å². The third-order valence-electron chi connectivity index (χ3n) is 4.74. The van der Waals surface area contributed by atoms with Gasteiger partial charge in [0, 0.05) is 0 Å². The van der Waals surface area contributed by atoms with Crippen LogP contribution in [0.25, 0.3) is 0 Å². The summed E-state index contributed by atoms with van der Waals surface area (Å²) in [6, 6.07) is 0. The van der Waals surface area contributed by atoms with Crippen molar-refractivity contribution in [3.63, 3.8) is 0 Å². The molecule has 2 aliphatic carbocycles. The molecule has 0 saturated heterocycles. The van der Waals surface area contributed by atoms with Crippen LogP contribution < -0.4 is 0 Å². The van der Waals surface area contributed by atoms with Gasteiger partial charge in [-0.3, -0.25) is 0 Å². The first-order chi connectivity index (χ1) is 8.90. The summed E-state index contributed by atoms with van der Waals surface area (Å²) in [5, 5.41) is 9.74. The van der Waals surface area contributed by atoms with E-state index in [0.29, 0.717) is 29.4 Å². The lowest BCUT2D eigenvalue weighted by Crippen LogP contribution is -2.31. The molecule has 2 aliphatic rings. The van der Waals surface area contributed by atoms with Crippen LogP contribution in [0.3, 0.4) is 0 Å². The Balaban J connectivity index is 2.35. The van der Waals surface area contributed by atoms with E-state index in [1.165, 1.54) is 29.6 Å². The minimum absolute atomic E-state index is 0.388. The summed E-state index contributed by atoms with van der Waals surface area (Å²) in [7, 11) is 0. The van der Waals surface area contributed by atoms with Gasteiger partial charge in [-0.15, -0.1) is 0 Å². The van der Waals surface area contributed by atoms with Crippen molar-refractivity contribution < 1.29 is 5.11 Å². The molecule has 0 heterocycles. The molecule has 4 atom stereocenters. The van der Waals surface area contributed by atoms with Gasteiger partial charge in [0.15, 0.2) is 0 Å². The highest BCUT2D eigenvalue weighted by molar-refractivity contribution is 5.29. The average Bonchev–Trinajstić information content (AvgIpc) is 2.27. The number of hydrogen-bond donors (Lipinski definition) is 1. The van der Waals surface area contributed by atoms with Crippen LogP contribution in [0.5, 0.6) is 0 Å². The Bertz CT molecular complexity index is 464. The van der Waals surface area contributed by atoms with Crippen LogP contribution in [0.1, 0.15) is 40.5 Å². The van der Waals surface area contributed by atoms with E-state index >= 15 is 0 Å². The van der Waals surface area contributed by atoms with E-state index in [4.69, 9.17) is 0 Å². The smallest absolute Gasteiger partial charge is 0.111 e. The Labute approximate surface area is 117 Å². The van der Waals surface area contributed by atoms with E-state index in [1.54, 1.807) is 0 Å². The van der Waals surface area contributed by atoms with Crippen LogP contribution >= 0.6 is 0 Å². The van der Waals surface area contributed by atoms with Crippen molar-refractivity contribution in [2.45, 2.75) is 40.5 Å². The van der Waals surface area contributed by atoms with Gasteiger partial charge in [0.05, 0.1) is 0 Å². The Morgan fingerprint density at radius 1 is 1.32 bits per heavy atom. The zero-order chi connectivity index (χ0) is 14.2. The van der Waals surface area contributed by atoms with Crippen LogP contribution in [0.15, 0.2) is 47.3 Å². The van der Waals surface area contributed by atoms with Crippen molar-refractivity contribution in [2.24, 2.45) is 23.7 Å². The minimum atomic E-state index is 0.388. The predicted octanol–water partition coefficient (Wildman–Crippen LogP) is 5.19. The highest BCUT2D eigenvalue weighted by Crippen LogP contribution is 2.44. The molecule has 0 bridgehead atoms. The van der Waals surface area contributed by atoms with Crippen molar-refractivity contribution in [3.8, 4) is 0 Å². The van der Waals surface area contributed by atoms with Gasteiger partial charge in [0.25, 0.3) is 0 Å². The number of hydrogen-bond acceptors (Lipinski definition) is 1. The highest BCUT2D eigenvalue weighted by atomic mass is 16.3. The van der Waals surface area contributed by atoms with Gasteiger partial charge in [-0.05, 0) is 69.4 Å². The first-order valence-corrected chi connectivity index (χ1v) is 7.32. The Morgan fingerprint density at radius 2 is 2.00 bits per heavy atom. The van der Waals surface area contributed by atoms with Gasteiger partial charge in [-0.25, -0.2) is 0 Å². The zero-order valence-corrected chi connectivity index (χ0v) is 12.6. The van der Waals surface area contributed by atoms with Crippen LogP contribution in [0.2, 0.25) is 0 Å². The summed E-state index contributed by atoms with van der Waals surface area (Å²) >= 11 is 0. The predicted molar refractivity (Wildman–Crippen MR) is 81.9 cm³/mol. The second-order valence-corrected chi connectivity index (χ2v) is 6.45. The summed E-state index contributed by atoms with van der Waals surface area (Å²) in [5.41, 5.74) is 4.10. The first-order valence-electron chi connectivity index (χ1n) is 7.32. The van der Waals surface area contributed by atoms with E-state index in [2.05, 4.69) is 40.3 Å². The van der Waals surface area contributed by atoms with Gasteiger partial charge < -0.3 is 5.11 Å². The van der Waals surface area contributed by atoms with Gasteiger partial charge >= 0.3 is 0 Å². The molecule has 1 heteroatoms. The van der Waals surface area contributed by atoms with Crippen molar-refractivity contribution in [3.05, 3.63) is 47.3 Å². The molecule has 0 saturated carbocycles. The lowest BCUT2D eigenvalue weighted by molar-refractivity contribution is 0.263. The molecule has 0 spiro atoms. The number of aliphatic hydroxyl groups is 1. The molecule has 0 fully saturated rings. The van der Waals surface area contributed by atoms with Crippen LogP contribution in [0.4, 0.5) is 0 Å². The van der Waals surface area contributed by atoms with E-state index in [-0.39, 0.29) is 0 Å². The maximum atomic E-state index is 9.74. The maximum Gasteiger partial charge on any atom is 0.111 e.